The largest absolute Gasteiger partial charge is 0.497 e. The van der Waals surface area contributed by atoms with E-state index in [2.05, 4.69) is 20.8 Å². The minimum absolute atomic E-state index is 0.132. The van der Waals surface area contributed by atoms with E-state index in [1.807, 2.05) is 25.1 Å². The number of nitrogens with one attached hydrogen (secondary N) is 2. The highest BCUT2D eigenvalue weighted by Crippen LogP contribution is 2.31. The number of nitrogens with zero attached hydrogens (tertiary/aromatic N) is 2. The van der Waals surface area contributed by atoms with Gasteiger partial charge < -0.3 is 24.6 Å². The fourth-order valence-electron chi connectivity index (χ4n) is 2.80. The summed E-state index contributed by atoms with van der Waals surface area (Å²) in [6.45, 7) is 2.21. The first-order valence-corrected chi connectivity index (χ1v) is 8.68. The SMILES string of the molecule is CNC(=O)c1cccc(NCc2nc(-c3ccc(OC)cc3OC)no2)c1C. The maximum absolute atomic E-state index is 11.9. The molecule has 0 aliphatic carbocycles. The van der Waals surface area contributed by atoms with Gasteiger partial charge in [0.05, 0.1) is 26.3 Å². The van der Waals surface area contributed by atoms with Gasteiger partial charge in [-0.25, -0.2) is 0 Å². The van der Waals surface area contributed by atoms with Crippen LogP contribution in [0, 0.1) is 6.92 Å². The van der Waals surface area contributed by atoms with E-state index in [1.54, 1.807) is 39.5 Å². The third kappa shape index (κ3) is 3.90. The Hall–Kier alpha value is -3.55. The van der Waals surface area contributed by atoms with E-state index in [-0.39, 0.29) is 5.91 Å². The molecule has 0 aliphatic heterocycles. The van der Waals surface area contributed by atoms with Crippen LogP contribution in [0.5, 0.6) is 11.5 Å². The van der Waals surface area contributed by atoms with Gasteiger partial charge in [0, 0.05) is 24.4 Å². The van der Waals surface area contributed by atoms with E-state index >= 15 is 0 Å². The molecule has 146 valence electrons. The molecule has 1 amide bonds. The fraction of sp³-hybridized carbons (Fsp3) is 0.250. The zero-order valence-electron chi connectivity index (χ0n) is 16.2. The highest BCUT2D eigenvalue weighted by atomic mass is 16.5. The lowest BCUT2D eigenvalue weighted by atomic mass is 10.1. The van der Waals surface area contributed by atoms with Gasteiger partial charge in [0.25, 0.3) is 5.91 Å². The van der Waals surface area contributed by atoms with Crippen molar-refractivity contribution < 1.29 is 18.8 Å². The van der Waals surface area contributed by atoms with Crippen LogP contribution in [0.2, 0.25) is 0 Å². The maximum atomic E-state index is 11.9. The van der Waals surface area contributed by atoms with E-state index in [1.165, 1.54) is 0 Å². The number of benzene rings is 2. The Balaban J connectivity index is 1.77. The van der Waals surface area contributed by atoms with E-state index in [0.717, 1.165) is 11.3 Å². The van der Waals surface area contributed by atoms with Crippen molar-refractivity contribution in [3.05, 3.63) is 53.4 Å². The molecule has 8 heteroatoms. The van der Waals surface area contributed by atoms with Gasteiger partial charge in [-0.05, 0) is 36.8 Å². The van der Waals surface area contributed by atoms with Crippen LogP contribution in [0.15, 0.2) is 40.9 Å². The lowest BCUT2D eigenvalue weighted by Gasteiger charge is -2.11. The van der Waals surface area contributed by atoms with E-state index in [0.29, 0.717) is 40.9 Å². The van der Waals surface area contributed by atoms with Gasteiger partial charge in [-0.2, -0.15) is 4.98 Å². The van der Waals surface area contributed by atoms with Crippen LogP contribution in [0.25, 0.3) is 11.4 Å². The summed E-state index contributed by atoms with van der Waals surface area (Å²) in [5.41, 5.74) is 2.99. The fourth-order valence-corrected chi connectivity index (χ4v) is 2.80. The third-order valence-corrected chi connectivity index (χ3v) is 4.35. The molecule has 0 spiro atoms. The predicted molar refractivity (Wildman–Crippen MR) is 105 cm³/mol. The quantitative estimate of drug-likeness (QED) is 0.648. The van der Waals surface area contributed by atoms with Gasteiger partial charge in [-0.1, -0.05) is 11.2 Å². The Morgan fingerprint density at radius 1 is 1.18 bits per heavy atom. The Morgan fingerprint density at radius 3 is 2.71 bits per heavy atom. The van der Waals surface area contributed by atoms with Gasteiger partial charge >= 0.3 is 0 Å². The van der Waals surface area contributed by atoms with Crippen molar-refractivity contribution in [1.82, 2.24) is 15.5 Å². The van der Waals surface area contributed by atoms with Gasteiger partial charge in [0.2, 0.25) is 11.7 Å². The monoisotopic (exact) mass is 382 g/mol. The summed E-state index contributed by atoms with van der Waals surface area (Å²) in [6.07, 6.45) is 0. The van der Waals surface area contributed by atoms with Crippen molar-refractivity contribution >= 4 is 11.6 Å². The van der Waals surface area contributed by atoms with Gasteiger partial charge in [0.1, 0.15) is 11.5 Å². The number of anilines is 1. The first-order valence-electron chi connectivity index (χ1n) is 8.68. The summed E-state index contributed by atoms with van der Waals surface area (Å²) in [5.74, 6) is 1.98. The van der Waals surface area contributed by atoms with Crippen molar-refractivity contribution in [1.29, 1.82) is 0 Å². The van der Waals surface area contributed by atoms with Crippen LogP contribution in [-0.4, -0.2) is 37.3 Å². The summed E-state index contributed by atoms with van der Waals surface area (Å²) >= 11 is 0. The molecule has 3 rings (SSSR count). The molecule has 2 N–H and O–H groups in total. The number of rotatable bonds is 7. The molecule has 0 unspecified atom stereocenters. The normalized spacial score (nSPS) is 10.4. The van der Waals surface area contributed by atoms with Crippen LogP contribution < -0.4 is 20.1 Å². The summed E-state index contributed by atoms with van der Waals surface area (Å²) < 4.78 is 15.9. The Morgan fingerprint density at radius 2 is 2.00 bits per heavy atom. The summed E-state index contributed by atoms with van der Waals surface area (Å²) in [4.78, 5) is 16.3. The molecule has 0 fully saturated rings. The number of amides is 1. The minimum atomic E-state index is -0.132. The molecule has 28 heavy (non-hydrogen) atoms. The second-order valence-corrected chi connectivity index (χ2v) is 5.99. The average molecular weight is 382 g/mol. The van der Waals surface area contributed by atoms with Crippen molar-refractivity contribution in [2.24, 2.45) is 0 Å². The number of hydrogen-bond donors (Lipinski definition) is 2. The minimum Gasteiger partial charge on any atom is -0.497 e. The molecule has 3 aromatic rings. The molecular formula is C20H22N4O4. The Kier molecular flexibility index (Phi) is 5.78. The standard InChI is InChI=1S/C20H22N4O4/c1-12-14(20(25)21-2)6-5-7-16(12)22-11-18-23-19(24-28-18)15-9-8-13(26-3)10-17(15)27-4/h5-10,22H,11H2,1-4H3,(H,21,25). The van der Waals surface area contributed by atoms with E-state index in [9.17, 15) is 4.79 Å². The zero-order chi connectivity index (χ0) is 20.1. The number of methoxy groups -OCH3 is 2. The van der Waals surface area contributed by atoms with Crippen molar-refractivity contribution in [3.63, 3.8) is 0 Å². The molecule has 2 aromatic carbocycles. The highest BCUT2D eigenvalue weighted by Gasteiger charge is 2.15. The van der Waals surface area contributed by atoms with Crippen molar-refractivity contribution in [2.75, 3.05) is 26.6 Å². The Bertz CT molecular complexity index is 984. The smallest absolute Gasteiger partial charge is 0.251 e. The second-order valence-electron chi connectivity index (χ2n) is 5.99. The van der Waals surface area contributed by atoms with Crippen LogP contribution in [0.4, 0.5) is 5.69 Å². The summed E-state index contributed by atoms with van der Waals surface area (Å²) in [5, 5.41) is 9.90. The first kappa shape index (κ1) is 19.2. The molecule has 0 saturated heterocycles. The van der Waals surface area contributed by atoms with Crippen LogP contribution in [-0.2, 0) is 6.54 Å². The number of carbonyl (C=O) groups is 1. The van der Waals surface area contributed by atoms with Gasteiger partial charge in [-0.3, -0.25) is 4.79 Å². The highest BCUT2D eigenvalue weighted by molar-refractivity contribution is 5.96. The third-order valence-electron chi connectivity index (χ3n) is 4.35. The molecule has 8 nitrogen and oxygen atoms in total. The second kappa shape index (κ2) is 8.43. The number of ether oxygens (including phenoxy) is 2. The van der Waals surface area contributed by atoms with Crippen LogP contribution in [0.3, 0.4) is 0 Å². The molecule has 0 atom stereocenters. The molecule has 0 aliphatic rings. The van der Waals surface area contributed by atoms with Crippen LogP contribution in [0.1, 0.15) is 21.8 Å². The molecule has 1 aromatic heterocycles. The first-order chi connectivity index (χ1) is 13.6. The van der Waals surface area contributed by atoms with Crippen LogP contribution >= 0.6 is 0 Å². The lowest BCUT2D eigenvalue weighted by molar-refractivity contribution is 0.0962. The molecule has 1 heterocycles. The lowest BCUT2D eigenvalue weighted by Crippen LogP contribution is -2.19. The molecule has 0 radical (unpaired) electrons. The topological polar surface area (TPSA) is 98.5 Å². The summed E-state index contributed by atoms with van der Waals surface area (Å²) in [6, 6.07) is 10.9. The van der Waals surface area contributed by atoms with Gasteiger partial charge in [-0.15, -0.1) is 0 Å². The number of carbonyl (C=O) groups excluding carboxylic acids is 1. The zero-order valence-corrected chi connectivity index (χ0v) is 16.2. The van der Waals surface area contributed by atoms with E-state index in [4.69, 9.17) is 14.0 Å². The summed E-state index contributed by atoms with van der Waals surface area (Å²) in [7, 11) is 4.77. The number of hydrogen-bond acceptors (Lipinski definition) is 7. The van der Waals surface area contributed by atoms with Crippen molar-refractivity contribution in [3.8, 4) is 22.9 Å². The molecule has 0 saturated carbocycles. The molecule has 0 bridgehead atoms. The average Bonchev–Trinajstić information content (AvgIpc) is 3.20. The van der Waals surface area contributed by atoms with E-state index < -0.39 is 0 Å². The molecular weight excluding hydrogens is 360 g/mol. The predicted octanol–water partition coefficient (Wildman–Crippen LogP) is 3.03. The Labute approximate surface area is 162 Å². The van der Waals surface area contributed by atoms with Crippen molar-refractivity contribution in [2.45, 2.75) is 13.5 Å². The van der Waals surface area contributed by atoms with Gasteiger partial charge in [0.15, 0.2) is 0 Å². The maximum Gasteiger partial charge on any atom is 0.251 e. The number of aromatic nitrogens is 2.